The minimum atomic E-state index is -0.539. The molecule has 43 nitrogen and oxygen atoms in total. The van der Waals surface area contributed by atoms with E-state index >= 15 is 0 Å². The zero-order valence-corrected chi connectivity index (χ0v) is 68.5. The highest BCUT2D eigenvalue weighted by molar-refractivity contribution is 5.88. The van der Waals surface area contributed by atoms with Crippen molar-refractivity contribution >= 4 is 57.0 Å². The van der Waals surface area contributed by atoms with Crippen LogP contribution in [0.1, 0.15) is 88.3 Å². The van der Waals surface area contributed by atoms with Gasteiger partial charge in [-0.2, -0.15) is 98.0 Å². The molecule has 4 aliphatic carbocycles. The maximum Gasteiger partial charge on any atom is 0.155 e. The molecule has 43 heteroatoms. The minimum Gasteiger partial charge on any atom is -0.390 e. The lowest BCUT2D eigenvalue weighted by molar-refractivity contribution is -0.0540. The zero-order chi connectivity index (χ0) is 87.7. The van der Waals surface area contributed by atoms with Crippen LogP contribution < -0.4 is 34.4 Å². The molecule has 20 rings (SSSR count). The van der Waals surface area contributed by atoms with Crippen molar-refractivity contribution in [3.8, 4) is 133 Å². The highest BCUT2D eigenvalue weighted by Crippen LogP contribution is 2.51. The monoisotopic (exact) mass is 1670 g/mol. The molecule has 16 aromatic heterocycles. The molecule has 0 atom stereocenters. The molecule has 0 aromatic carbocycles. The maximum atomic E-state index is 9.71. The largest absolute Gasteiger partial charge is 0.390 e. The molecule has 0 radical (unpaired) electrons. The van der Waals surface area contributed by atoms with Crippen LogP contribution in [0.15, 0.2) is 123 Å². The van der Waals surface area contributed by atoms with Crippen LogP contribution in [0, 0.1) is 104 Å². The normalized spacial score (nSPS) is 20.3. The number of aryl methyl sites for hydroxylation is 5. The third-order valence-electron chi connectivity index (χ3n) is 23.9. The number of hydrogen-bond acceptors (Lipinski definition) is 31. The van der Waals surface area contributed by atoms with Gasteiger partial charge >= 0.3 is 0 Å². The molecule has 4 saturated carbocycles. The third-order valence-corrected chi connectivity index (χ3v) is 23.9. The summed E-state index contributed by atoms with van der Waals surface area (Å²) in [5.74, 6) is 1.89. The SMILES string of the molecule is COC1CC(CC#N)(n2cc(-c3nc(-c4cc(N)n(C)n4)cn4nccc34)c(N)n2)C1.Cc1cnn2cc(-c3cnn(C)c3)nc(-c3cn(C4(CC#N)CC(C#N)C4)nc3N)c12.Cn1cc(-c2cn3nccc3c(-c3cn(C4(CC#N)CC(C#N)C4)nc3N)n2)c(CO)n1.Cn1cc(-c2cn3nccc3c(-c3cn(C4(CC#N)CC(C#N)C4)nc3N)n2)c(N)n1. The van der Waals surface area contributed by atoms with Gasteiger partial charge in [-0.25, -0.2) is 38.0 Å². The van der Waals surface area contributed by atoms with Gasteiger partial charge in [0.05, 0.1) is 249 Å². The number of nitrogens with two attached hydrogens (primary N) is 6. The number of aliphatic hydroxyl groups is 1. The summed E-state index contributed by atoms with van der Waals surface area (Å²) in [6, 6.07) is 23.1. The Balaban J connectivity index is 0.000000118. The summed E-state index contributed by atoms with van der Waals surface area (Å²) in [5.41, 5.74) is 50.4. The van der Waals surface area contributed by atoms with Crippen LogP contribution in [0.4, 0.5) is 34.9 Å². The number of anilines is 6. The number of aliphatic hydroxyl groups excluding tert-OH is 1. The average molecular weight is 1670 g/mol. The summed E-state index contributed by atoms with van der Waals surface area (Å²) in [7, 11) is 8.87. The van der Waals surface area contributed by atoms with E-state index in [1.807, 2.05) is 63.2 Å². The van der Waals surface area contributed by atoms with Gasteiger partial charge in [-0.05, 0) is 82.1 Å². The Morgan fingerprint density at radius 2 is 0.800 bits per heavy atom. The average Bonchev–Trinajstić information content (AvgIpc) is 1.65. The van der Waals surface area contributed by atoms with Crippen LogP contribution in [-0.4, -0.2) is 155 Å². The zero-order valence-electron chi connectivity index (χ0n) is 68.5. The second kappa shape index (κ2) is 31.5. The van der Waals surface area contributed by atoms with Crippen LogP contribution in [0.3, 0.4) is 0 Å². The first-order valence-electron chi connectivity index (χ1n) is 39.5. The summed E-state index contributed by atoms with van der Waals surface area (Å²) >= 11 is 0. The van der Waals surface area contributed by atoms with Gasteiger partial charge in [0.15, 0.2) is 29.1 Å². The number of ether oxygens (including phenoxy) is 1. The predicted octanol–water partition coefficient (Wildman–Crippen LogP) is 7.31. The van der Waals surface area contributed by atoms with Crippen molar-refractivity contribution in [3.63, 3.8) is 0 Å². The van der Waals surface area contributed by atoms with E-state index in [0.717, 1.165) is 33.2 Å². The van der Waals surface area contributed by atoms with E-state index in [-0.39, 0.29) is 55.5 Å². The molecule has 16 aromatic rings. The van der Waals surface area contributed by atoms with Crippen LogP contribution >= 0.6 is 0 Å². The van der Waals surface area contributed by atoms with Crippen LogP contribution in [0.25, 0.3) is 112 Å². The lowest BCUT2D eigenvalue weighted by Crippen LogP contribution is -2.50. The summed E-state index contributed by atoms with van der Waals surface area (Å²) in [5, 5.41) is 128. The van der Waals surface area contributed by atoms with E-state index in [1.54, 1.807) is 158 Å². The van der Waals surface area contributed by atoms with Gasteiger partial charge in [0, 0.05) is 95.9 Å². The Morgan fingerprint density at radius 1 is 0.408 bits per heavy atom. The van der Waals surface area contributed by atoms with E-state index in [1.165, 1.54) is 0 Å². The second-order valence-corrected chi connectivity index (χ2v) is 32.1. The van der Waals surface area contributed by atoms with Crippen LogP contribution in [-0.2, 0) is 61.7 Å². The van der Waals surface area contributed by atoms with Gasteiger partial charge < -0.3 is 44.2 Å². The molecule has 0 spiro atoms. The Hall–Kier alpha value is -16.7. The van der Waals surface area contributed by atoms with Crippen molar-refractivity contribution in [1.29, 1.82) is 36.8 Å². The summed E-state index contributed by atoms with van der Waals surface area (Å²) in [4.78, 5) is 19.4. The molecule has 4 fully saturated rings. The topological polar surface area (TPSA) is 615 Å². The van der Waals surface area contributed by atoms with Gasteiger partial charge in [-0.1, -0.05) is 0 Å². The summed E-state index contributed by atoms with van der Waals surface area (Å²) in [6.07, 6.45) is 34.7. The highest BCUT2D eigenvalue weighted by atomic mass is 16.5. The van der Waals surface area contributed by atoms with E-state index < -0.39 is 22.2 Å². The molecule has 0 aliphatic heterocycles. The van der Waals surface area contributed by atoms with Crippen molar-refractivity contribution in [1.82, 2.24) is 137 Å². The first-order chi connectivity index (χ1) is 60.3. The smallest absolute Gasteiger partial charge is 0.155 e. The number of rotatable bonds is 18. The highest BCUT2D eigenvalue weighted by Gasteiger charge is 2.51. The van der Waals surface area contributed by atoms with E-state index in [2.05, 4.69) is 104 Å². The molecule has 0 amide bonds. The van der Waals surface area contributed by atoms with Crippen molar-refractivity contribution in [2.45, 2.75) is 119 Å². The Morgan fingerprint density at radius 3 is 1.19 bits per heavy atom. The fraction of sp³-hybridized carbons (Fsp3) is 0.329. The van der Waals surface area contributed by atoms with E-state index in [9.17, 15) is 41.9 Å². The lowest BCUT2D eigenvalue weighted by Gasteiger charge is -2.45. The lowest BCUT2D eigenvalue weighted by atomic mass is 9.67. The van der Waals surface area contributed by atoms with Crippen molar-refractivity contribution in [3.05, 3.63) is 135 Å². The van der Waals surface area contributed by atoms with Crippen molar-refractivity contribution in [2.75, 3.05) is 41.5 Å². The predicted molar refractivity (Wildman–Crippen MR) is 451 cm³/mol. The fourth-order valence-corrected chi connectivity index (χ4v) is 17.3. The number of nitrogens with zero attached hydrogens (tertiary/aromatic N) is 35. The maximum absolute atomic E-state index is 9.71. The summed E-state index contributed by atoms with van der Waals surface area (Å²) < 4.78 is 25.9. The molecular formula is C82H81N41O2. The van der Waals surface area contributed by atoms with Gasteiger partial charge in [-0.15, -0.1) is 0 Å². The van der Waals surface area contributed by atoms with Gasteiger partial charge in [0.1, 0.15) is 40.0 Å². The molecular weight excluding hydrogens is 1590 g/mol. The number of hydrogen-bond donors (Lipinski definition) is 7. The fourth-order valence-electron chi connectivity index (χ4n) is 17.3. The minimum absolute atomic E-state index is 0.0713. The van der Waals surface area contributed by atoms with Gasteiger partial charge in [0.2, 0.25) is 0 Å². The van der Waals surface area contributed by atoms with Gasteiger partial charge in [-0.3, -0.25) is 37.5 Å². The molecule has 125 heavy (non-hydrogen) atoms. The molecule has 13 N–H and O–H groups in total. The molecule has 0 bridgehead atoms. The molecule has 16 heterocycles. The first-order valence-corrected chi connectivity index (χ1v) is 39.5. The number of aromatic nitrogens is 28. The molecule has 0 unspecified atom stereocenters. The Labute approximate surface area is 710 Å². The standard InChI is InChI=1S/C21H20N10O.C21H20N10.C20H19N11.C20H22N10O/c1-29-9-14(17(12-32)27-29)16-11-30-18(2-5-25-30)19(26-16)15-10-31(28-20(15)24)21(3-4-22)6-13(7-21)8-23;1-13-8-26-30-12-17(15-9-25-29(2)10-15)27-18(19(13)30)16-11-31(28-20(16)24)21(3-4-22)5-14(6-21)7-23;1-29-9-13(18(23)27-29)15-11-30-16(2-5-25-30)17(26-15)14-10-31(28-19(14)24)20(3-4-21)6-12(7-20)8-22;1-28-17(22)7-14(26-28)15-11-29-16(3-6-24-29)18(25-15)13-10-30(27-19(13)23)20(4-5-21)8-12(9-20)31-2/h2,5,9-11,13,32H,3,6-7,12H2,1H3,(H2,24,28);8-12,14H,3,5-6H2,1-2H3,(H2,24,28);2,5,9-12H,3,6-7H2,1H3,(H2,23,27)(H2,24,28);3,6-7,10-12H,4,8-9,22H2,1-2H3,(H2,23,27). The number of nitriles is 7. The third kappa shape index (κ3) is 14.2. The first kappa shape index (κ1) is 80.7. The number of methoxy groups -OCH3 is 1. The van der Waals surface area contributed by atoms with Gasteiger partial charge in [0.25, 0.3) is 0 Å². The summed E-state index contributed by atoms with van der Waals surface area (Å²) in [6.45, 7) is 1.75. The number of nitrogen functional groups attached to an aromatic ring is 6. The number of fused-ring (bicyclic) bond motifs is 4. The molecule has 4 aliphatic rings. The van der Waals surface area contributed by atoms with Crippen LogP contribution in [0.2, 0.25) is 0 Å². The van der Waals surface area contributed by atoms with E-state index in [4.69, 9.17) is 59.1 Å². The second-order valence-electron chi connectivity index (χ2n) is 32.1. The van der Waals surface area contributed by atoms with E-state index in [0.29, 0.717) is 177 Å². The molecule has 626 valence electrons. The van der Waals surface area contributed by atoms with Crippen molar-refractivity contribution in [2.24, 2.45) is 45.9 Å². The van der Waals surface area contributed by atoms with Crippen molar-refractivity contribution < 1.29 is 9.84 Å². The Bertz CT molecular complexity index is 7180. The molecule has 0 saturated heterocycles. The van der Waals surface area contributed by atoms with Crippen LogP contribution in [0.5, 0.6) is 0 Å². The Kier molecular flexibility index (Phi) is 20.3. The quantitative estimate of drug-likeness (QED) is 0.0442.